The number of hydrogen-bond donors (Lipinski definition) is 1. The van der Waals surface area contributed by atoms with Crippen LogP contribution in [0.15, 0.2) is 24.3 Å². The first-order valence-electron chi connectivity index (χ1n) is 7.02. The molecule has 4 heteroatoms. The Morgan fingerprint density at radius 2 is 2.20 bits per heavy atom. The van der Waals surface area contributed by atoms with Crippen LogP contribution < -0.4 is 4.90 Å². The first kappa shape index (κ1) is 14.6. The zero-order valence-corrected chi connectivity index (χ0v) is 11.7. The summed E-state index contributed by atoms with van der Waals surface area (Å²) in [7, 11) is 0. The Balaban J connectivity index is 2.31. The average molecular weight is 277 g/mol. The summed E-state index contributed by atoms with van der Waals surface area (Å²) in [5, 5.41) is 8.73. The van der Waals surface area contributed by atoms with E-state index in [0.717, 1.165) is 38.4 Å². The molecular weight excluding hydrogens is 257 g/mol. The van der Waals surface area contributed by atoms with E-state index in [9.17, 15) is 9.18 Å². The van der Waals surface area contributed by atoms with Gasteiger partial charge in [-0.1, -0.05) is 19.1 Å². The van der Waals surface area contributed by atoms with Crippen molar-refractivity contribution in [1.82, 2.24) is 0 Å². The SMILES string of the molecule is CC1CCCN(c2c(F)cccc2/C=C/C(=O)O)CC1. The number of nitrogens with zero attached hydrogens (tertiary/aromatic N) is 1. The highest BCUT2D eigenvalue weighted by Gasteiger charge is 2.18. The van der Waals surface area contributed by atoms with E-state index in [2.05, 4.69) is 6.92 Å². The Hall–Kier alpha value is -1.84. The van der Waals surface area contributed by atoms with E-state index in [1.54, 1.807) is 12.1 Å². The van der Waals surface area contributed by atoms with E-state index >= 15 is 0 Å². The van der Waals surface area contributed by atoms with Crippen molar-refractivity contribution in [2.45, 2.75) is 26.2 Å². The Morgan fingerprint density at radius 1 is 1.40 bits per heavy atom. The molecule has 0 radical (unpaired) electrons. The summed E-state index contributed by atoms with van der Waals surface area (Å²) in [6, 6.07) is 4.80. The van der Waals surface area contributed by atoms with E-state index in [0.29, 0.717) is 17.2 Å². The van der Waals surface area contributed by atoms with Gasteiger partial charge < -0.3 is 10.0 Å². The molecule has 0 spiro atoms. The van der Waals surface area contributed by atoms with Gasteiger partial charge in [0.25, 0.3) is 0 Å². The van der Waals surface area contributed by atoms with Crippen LogP contribution in [0.5, 0.6) is 0 Å². The van der Waals surface area contributed by atoms with Crippen molar-refractivity contribution in [3.05, 3.63) is 35.7 Å². The molecule has 20 heavy (non-hydrogen) atoms. The van der Waals surface area contributed by atoms with Crippen molar-refractivity contribution >= 4 is 17.7 Å². The first-order valence-corrected chi connectivity index (χ1v) is 7.02. The van der Waals surface area contributed by atoms with E-state index in [4.69, 9.17) is 5.11 Å². The Labute approximate surface area is 118 Å². The van der Waals surface area contributed by atoms with Gasteiger partial charge in [-0.05, 0) is 37.3 Å². The fourth-order valence-corrected chi connectivity index (χ4v) is 2.65. The molecule has 1 N–H and O–H groups in total. The third-order valence-electron chi connectivity index (χ3n) is 3.76. The zero-order chi connectivity index (χ0) is 14.5. The Bertz CT molecular complexity index is 513. The summed E-state index contributed by atoms with van der Waals surface area (Å²) in [6.45, 7) is 3.85. The maximum absolute atomic E-state index is 14.2. The van der Waals surface area contributed by atoms with Gasteiger partial charge in [0.05, 0.1) is 5.69 Å². The summed E-state index contributed by atoms with van der Waals surface area (Å²) in [5.74, 6) is -0.651. The monoisotopic (exact) mass is 277 g/mol. The third kappa shape index (κ3) is 3.59. The second-order valence-corrected chi connectivity index (χ2v) is 5.37. The van der Waals surface area contributed by atoms with Gasteiger partial charge in [0, 0.05) is 24.7 Å². The maximum Gasteiger partial charge on any atom is 0.328 e. The fourth-order valence-electron chi connectivity index (χ4n) is 2.65. The van der Waals surface area contributed by atoms with Crippen LogP contribution in [0.25, 0.3) is 6.08 Å². The average Bonchev–Trinajstić information content (AvgIpc) is 2.61. The minimum atomic E-state index is -1.02. The highest BCUT2D eigenvalue weighted by atomic mass is 19.1. The molecular formula is C16H20FNO2. The Kier molecular flexibility index (Phi) is 4.77. The predicted molar refractivity (Wildman–Crippen MR) is 78.3 cm³/mol. The van der Waals surface area contributed by atoms with Crippen molar-refractivity contribution in [3.8, 4) is 0 Å². The van der Waals surface area contributed by atoms with E-state index in [1.807, 2.05) is 4.90 Å². The van der Waals surface area contributed by atoms with Crippen molar-refractivity contribution in [2.75, 3.05) is 18.0 Å². The third-order valence-corrected chi connectivity index (χ3v) is 3.76. The van der Waals surface area contributed by atoms with Gasteiger partial charge in [0.2, 0.25) is 0 Å². The quantitative estimate of drug-likeness (QED) is 0.859. The molecule has 108 valence electrons. The number of rotatable bonds is 3. The minimum absolute atomic E-state index is 0.285. The molecule has 1 unspecified atom stereocenters. The maximum atomic E-state index is 14.2. The van der Waals surface area contributed by atoms with E-state index in [1.165, 1.54) is 12.1 Å². The Morgan fingerprint density at radius 3 is 2.95 bits per heavy atom. The smallest absolute Gasteiger partial charge is 0.328 e. The van der Waals surface area contributed by atoms with Crippen molar-refractivity contribution in [1.29, 1.82) is 0 Å². The standard InChI is InChI=1S/C16H20FNO2/c1-12-4-3-10-18(11-9-12)16-13(7-8-15(19)20)5-2-6-14(16)17/h2,5-8,12H,3-4,9-11H2,1H3,(H,19,20)/b8-7+. The number of para-hydroxylation sites is 1. The van der Waals surface area contributed by atoms with Gasteiger partial charge in [0.1, 0.15) is 5.82 Å². The molecule has 1 saturated heterocycles. The van der Waals surface area contributed by atoms with Gasteiger partial charge in [-0.3, -0.25) is 0 Å². The highest BCUT2D eigenvalue weighted by molar-refractivity contribution is 5.87. The number of carbonyl (C=O) groups is 1. The second kappa shape index (κ2) is 6.55. The molecule has 1 aliphatic rings. The second-order valence-electron chi connectivity index (χ2n) is 5.37. The van der Waals surface area contributed by atoms with Crippen LogP contribution in [0.3, 0.4) is 0 Å². The molecule has 1 aromatic carbocycles. The number of carboxylic acid groups (broad SMARTS) is 1. The molecule has 3 nitrogen and oxygen atoms in total. The molecule has 0 amide bonds. The first-order chi connectivity index (χ1) is 9.58. The van der Waals surface area contributed by atoms with Crippen molar-refractivity contribution < 1.29 is 14.3 Å². The summed E-state index contributed by atoms with van der Waals surface area (Å²) in [5.41, 5.74) is 1.15. The lowest BCUT2D eigenvalue weighted by atomic mass is 10.0. The molecule has 2 rings (SSSR count). The van der Waals surface area contributed by atoms with Crippen LogP contribution in [0.2, 0.25) is 0 Å². The number of carboxylic acids is 1. The van der Waals surface area contributed by atoms with Crippen LogP contribution >= 0.6 is 0 Å². The lowest BCUT2D eigenvalue weighted by Gasteiger charge is -2.25. The van der Waals surface area contributed by atoms with Gasteiger partial charge in [-0.15, -0.1) is 0 Å². The highest BCUT2D eigenvalue weighted by Crippen LogP contribution is 2.29. The summed E-state index contributed by atoms with van der Waals surface area (Å²) >= 11 is 0. The van der Waals surface area contributed by atoms with Gasteiger partial charge in [-0.25, -0.2) is 9.18 Å². The van der Waals surface area contributed by atoms with Crippen LogP contribution in [0.4, 0.5) is 10.1 Å². The van der Waals surface area contributed by atoms with Crippen LogP contribution in [0.1, 0.15) is 31.7 Å². The van der Waals surface area contributed by atoms with E-state index in [-0.39, 0.29) is 5.82 Å². The molecule has 0 saturated carbocycles. The number of halogens is 1. The predicted octanol–water partition coefficient (Wildman–Crippen LogP) is 3.55. The van der Waals surface area contributed by atoms with Gasteiger partial charge >= 0.3 is 5.97 Å². The number of aliphatic carboxylic acids is 1. The van der Waals surface area contributed by atoms with Crippen LogP contribution in [-0.4, -0.2) is 24.2 Å². The lowest BCUT2D eigenvalue weighted by Crippen LogP contribution is -2.26. The largest absolute Gasteiger partial charge is 0.478 e. The summed E-state index contributed by atoms with van der Waals surface area (Å²) in [4.78, 5) is 12.7. The van der Waals surface area contributed by atoms with Gasteiger partial charge in [-0.2, -0.15) is 0 Å². The molecule has 0 aromatic heterocycles. The molecule has 0 aliphatic carbocycles. The molecule has 1 fully saturated rings. The summed E-state index contributed by atoms with van der Waals surface area (Å²) < 4.78 is 14.2. The zero-order valence-electron chi connectivity index (χ0n) is 11.7. The number of benzene rings is 1. The fraction of sp³-hybridized carbons (Fsp3) is 0.438. The topological polar surface area (TPSA) is 40.5 Å². The minimum Gasteiger partial charge on any atom is -0.478 e. The molecule has 1 atom stereocenters. The molecule has 1 aromatic rings. The molecule has 1 heterocycles. The lowest BCUT2D eigenvalue weighted by molar-refractivity contribution is -0.131. The van der Waals surface area contributed by atoms with Crippen LogP contribution in [0, 0.1) is 11.7 Å². The van der Waals surface area contributed by atoms with E-state index < -0.39 is 5.97 Å². The molecule has 0 bridgehead atoms. The van der Waals surface area contributed by atoms with Crippen molar-refractivity contribution in [2.24, 2.45) is 5.92 Å². The normalized spacial score (nSPS) is 20.1. The molecule has 1 aliphatic heterocycles. The number of anilines is 1. The van der Waals surface area contributed by atoms with Crippen LogP contribution in [-0.2, 0) is 4.79 Å². The summed E-state index contributed by atoms with van der Waals surface area (Å²) in [6.07, 6.45) is 5.76. The van der Waals surface area contributed by atoms with Gasteiger partial charge in [0.15, 0.2) is 0 Å². The number of hydrogen-bond acceptors (Lipinski definition) is 2. The van der Waals surface area contributed by atoms with Crippen molar-refractivity contribution in [3.63, 3.8) is 0 Å².